The number of benzene rings is 2. The van der Waals surface area contributed by atoms with E-state index in [1.54, 1.807) is 0 Å². The minimum absolute atomic E-state index is 0.0269. The summed E-state index contributed by atoms with van der Waals surface area (Å²) in [5.41, 5.74) is 9.86. The van der Waals surface area contributed by atoms with E-state index in [-0.39, 0.29) is 5.56 Å². The lowest BCUT2D eigenvalue weighted by Gasteiger charge is -2.11. The smallest absolute Gasteiger partial charge is 0.297 e. The first kappa shape index (κ1) is 17.9. The van der Waals surface area contributed by atoms with Crippen LogP contribution < -0.4 is 11.5 Å². The minimum Gasteiger partial charge on any atom is -0.399 e. The highest BCUT2D eigenvalue weighted by molar-refractivity contribution is 7.86. The molecule has 0 saturated heterocycles. The first-order valence-electron chi connectivity index (χ1n) is 6.20. The maximum atomic E-state index is 12.5. The van der Waals surface area contributed by atoms with Crippen LogP contribution >= 0.6 is 0 Å². The molecule has 0 amide bonds. The van der Waals surface area contributed by atoms with E-state index < -0.39 is 47.1 Å². The van der Waals surface area contributed by atoms with Crippen LogP contribution in [0.2, 0.25) is 0 Å². The first-order chi connectivity index (χ1) is 10.9. The summed E-state index contributed by atoms with van der Waals surface area (Å²) in [5, 5.41) is 0. The topological polar surface area (TPSA) is 178 Å². The lowest BCUT2D eigenvalue weighted by Crippen LogP contribution is -2.14. The van der Waals surface area contributed by atoms with E-state index in [2.05, 4.69) is 0 Å². The molecule has 0 aliphatic rings. The van der Waals surface area contributed by atoms with Gasteiger partial charge in [-0.2, -0.15) is 16.8 Å². The van der Waals surface area contributed by atoms with E-state index in [4.69, 9.17) is 16.0 Å². The third kappa shape index (κ3) is 3.54. The largest absolute Gasteiger partial charge is 0.399 e. The zero-order valence-corrected chi connectivity index (χ0v) is 13.5. The van der Waals surface area contributed by atoms with Gasteiger partial charge in [-0.15, -0.1) is 0 Å². The van der Waals surface area contributed by atoms with Gasteiger partial charge in [-0.3, -0.25) is 13.9 Å². The molecule has 0 radical (unpaired) electrons. The highest BCUT2D eigenvalue weighted by Crippen LogP contribution is 2.29. The summed E-state index contributed by atoms with van der Waals surface area (Å²) in [6.07, 6.45) is 0. The maximum Gasteiger partial charge on any atom is 0.297 e. The highest BCUT2D eigenvalue weighted by Gasteiger charge is 2.27. The van der Waals surface area contributed by atoms with Crippen molar-refractivity contribution < 1.29 is 30.7 Å². The monoisotopic (exact) mass is 372 g/mol. The highest BCUT2D eigenvalue weighted by atomic mass is 32.2. The first-order valence-corrected chi connectivity index (χ1v) is 9.08. The molecule has 0 heterocycles. The molecule has 2 rings (SSSR count). The number of rotatable bonds is 4. The van der Waals surface area contributed by atoms with E-state index >= 15 is 0 Å². The Labute approximate surface area is 137 Å². The van der Waals surface area contributed by atoms with Gasteiger partial charge in [-0.25, -0.2) is 0 Å². The quantitative estimate of drug-likeness (QED) is 0.339. The molecule has 0 saturated carbocycles. The number of nitrogens with two attached hydrogens (primary N) is 2. The van der Waals surface area contributed by atoms with Crippen molar-refractivity contribution in [2.75, 3.05) is 11.5 Å². The molecule has 0 unspecified atom stereocenters. The number of hydrogen-bond acceptors (Lipinski definition) is 7. The van der Waals surface area contributed by atoms with Crippen LogP contribution in [0, 0.1) is 0 Å². The second-order valence-electron chi connectivity index (χ2n) is 4.79. The van der Waals surface area contributed by atoms with Crippen LogP contribution in [-0.4, -0.2) is 31.7 Å². The molecule has 0 fully saturated rings. The Kier molecular flexibility index (Phi) is 4.37. The Morgan fingerprint density at radius 2 is 1.42 bits per heavy atom. The second-order valence-corrected chi connectivity index (χ2v) is 7.57. The molecule has 2 aromatic rings. The minimum atomic E-state index is -4.93. The molecule has 0 aliphatic heterocycles. The van der Waals surface area contributed by atoms with Gasteiger partial charge in [-0.1, -0.05) is 0 Å². The SMILES string of the molecule is Nc1ccc(C(=O)c2cc(S(=O)(=O)O)cc(N)c2S(=O)(=O)O)cc1. The van der Waals surface area contributed by atoms with Gasteiger partial charge >= 0.3 is 0 Å². The van der Waals surface area contributed by atoms with E-state index in [1.807, 2.05) is 0 Å². The molecular formula is C13H12N2O7S2. The summed E-state index contributed by atoms with van der Waals surface area (Å²) in [6, 6.07) is 6.54. The van der Waals surface area contributed by atoms with Gasteiger partial charge in [-0.05, 0) is 36.4 Å². The van der Waals surface area contributed by atoms with Crippen LogP contribution in [0.5, 0.6) is 0 Å². The Hall–Kier alpha value is -2.47. The van der Waals surface area contributed by atoms with Crippen molar-refractivity contribution in [3.8, 4) is 0 Å². The fourth-order valence-electron chi connectivity index (χ4n) is 2.02. The number of carbonyl (C=O) groups is 1. The van der Waals surface area contributed by atoms with E-state index in [1.165, 1.54) is 24.3 Å². The van der Waals surface area contributed by atoms with Gasteiger partial charge in [0, 0.05) is 16.8 Å². The van der Waals surface area contributed by atoms with Crippen LogP contribution in [0.3, 0.4) is 0 Å². The number of nitrogen functional groups attached to an aromatic ring is 2. The molecule has 0 bridgehead atoms. The fourth-order valence-corrected chi connectivity index (χ4v) is 3.35. The predicted octanol–water partition coefficient (Wildman–Crippen LogP) is 0.575. The van der Waals surface area contributed by atoms with Gasteiger partial charge in [0.1, 0.15) is 4.90 Å². The van der Waals surface area contributed by atoms with Crippen molar-refractivity contribution in [1.29, 1.82) is 0 Å². The van der Waals surface area contributed by atoms with Crippen LogP contribution in [-0.2, 0) is 20.2 Å². The molecule has 0 aromatic heterocycles. The molecule has 128 valence electrons. The second kappa shape index (κ2) is 5.87. The Morgan fingerprint density at radius 1 is 0.875 bits per heavy atom. The van der Waals surface area contributed by atoms with E-state index in [9.17, 15) is 26.2 Å². The van der Waals surface area contributed by atoms with Crippen molar-refractivity contribution >= 4 is 37.4 Å². The van der Waals surface area contributed by atoms with Gasteiger partial charge in [0.25, 0.3) is 20.2 Å². The summed E-state index contributed by atoms with van der Waals surface area (Å²) in [5.74, 6) is -0.931. The van der Waals surface area contributed by atoms with Crippen molar-refractivity contribution in [3.05, 3.63) is 47.5 Å². The molecule has 0 spiro atoms. The Balaban J connectivity index is 2.81. The number of anilines is 2. The van der Waals surface area contributed by atoms with E-state index in [0.29, 0.717) is 17.8 Å². The van der Waals surface area contributed by atoms with E-state index in [0.717, 1.165) is 0 Å². The summed E-state index contributed by atoms with van der Waals surface area (Å²) in [7, 11) is -9.70. The molecule has 2 aromatic carbocycles. The van der Waals surface area contributed by atoms with Crippen molar-refractivity contribution in [2.24, 2.45) is 0 Å². The third-order valence-corrected chi connectivity index (χ3v) is 4.87. The average Bonchev–Trinajstić information content (AvgIpc) is 2.44. The average molecular weight is 372 g/mol. The summed E-state index contributed by atoms with van der Waals surface area (Å²) < 4.78 is 63.9. The maximum absolute atomic E-state index is 12.5. The van der Waals surface area contributed by atoms with Crippen molar-refractivity contribution in [3.63, 3.8) is 0 Å². The fraction of sp³-hybridized carbons (Fsp3) is 0. The normalized spacial score (nSPS) is 12.1. The van der Waals surface area contributed by atoms with Gasteiger partial charge in [0.05, 0.1) is 10.6 Å². The lowest BCUT2D eigenvalue weighted by atomic mass is 10.0. The van der Waals surface area contributed by atoms with Crippen LogP contribution in [0.15, 0.2) is 46.2 Å². The van der Waals surface area contributed by atoms with Crippen LogP contribution in [0.25, 0.3) is 0 Å². The third-order valence-electron chi connectivity index (χ3n) is 3.06. The van der Waals surface area contributed by atoms with Crippen molar-refractivity contribution in [2.45, 2.75) is 9.79 Å². The molecule has 11 heteroatoms. The Bertz CT molecular complexity index is 1030. The summed E-state index contributed by atoms with van der Waals surface area (Å²) in [6.45, 7) is 0. The number of carbonyl (C=O) groups excluding carboxylic acids is 1. The molecule has 0 atom stereocenters. The molecule has 24 heavy (non-hydrogen) atoms. The number of ketones is 1. The summed E-state index contributed by atoms with van der Waals surface area (Å²) >= 11 is 0. The number of hydrogen-bond donors (Lipinski definition) is 4. The van der Waals surface area contributed by atoms with Gasteiger partial charge < -0.3 is 11.5 Å². The van der Waals surface area contributed by atoms with Gasteiger partial charge in [0.15, 0.2) is 5.78 Å². The molecule has 6 N–H and O–H groups in total. The van der Waals surface area contributed by atoms with Gasteiger partial charge in [0.2, 0.25) is 0 Å². The zero-order chi connectivity index (χ0) is 18.3. The zero-order valence-electron chi connectivity index (χ0n) is 11.9. The molecular weight excluding hydrogens is 360 g/mol. The van der Waals surface area contributed by atoms with Crippen LogP contribution in [0.1, 0.15) is 15.9 Å². The van der Waals surface area contributed by atoms with Crippen molar-refractivity contribution in [1.82, 2.24) is 0 Å². The van der Waals surface area contributed by atoms with Crippen LogP contribution in [0.4, 0.5) is 11.4 Å². The summed E-state index contributed by atoms with van der Waals surface area (Å²) in [4.78, 5) is 10.8. The molecule has 0 aliphatic carbocycles. The standard InChI is InChI=1S/C13H12N2O7S2/c14-8-3-1-7(2-4-8)12(16)10-5-9(23(17,18)19)6-11(15)13(10)24(20,21)22/h1-6H,14-15H2,(H,17,18,19)(H,20,21,22). The lowest BCUT2D eigenvalue weighted by molar-refractivity contribution is 0.103. The molecule has 9 nitrogen and oxygen atoms in total. The predicted molar refractivity (Wildman–Crippen MR) is 84.8 cm³/mol. The Morgan fingerprint density at radius 3 is 1.88 bits per heavy atom.